The Labute approximate surface area is 261 Å². The second-order valence-electron chi connectivity index (χ2n) is 11.5. The van der Waals surface area contributed by atoms with Gasteiger partial charge in [-0.1, -0.05) is 6.92 Å². The van der Waals surface area contributed by atoms with Gasteiger partial charge in [-0.25, -0.2) is 23.5 Å². The van der Waals surface area contributed by atoms with Crippen molar-refractivity contribution in [3.05, 3.63) is 59.8 Å². The first-order valence-electron chi connectivity index (χ1n) is 14.7. The molecule has 46 heavy (non-hydrogen) atoms. The third-order valence-corrected chi connectivity index (χ3v) is 7.34. The lowest BCUT2D eigenvalue weighted by molar-refractivity contribution is -0.883. The molecule has 11 nitrogen and oxygen atoms in total. The third-order valence-electron chi connectivity index (χ3n) is 7.34. The Kier molecular flexibility index (Phi) is 10.6. The number of quaternary nitrogens is 1. The fourth-order valence-corrected chi connectivity index (χ4v) is 5.17. The summed E-state index contributed by atoms with van der Waals surface area (Å²) in [5.41, 5.74) is 0.315. The van der Waals surface area contributed by atoms with Crippen molar-refractivity contribution in [2.75, 3.05) is 39.0 Å². The molecule has 0 fully saturated rings. The van der Waals surface area contributed by atoms with Crippen LogP contribution in [0.1, 0.15) is 47.8 Å². The zero-order chi connectivity index (χ0) is 33.6. The number of carbonyl (C=O) groups excluding carboxylic acids is 1. The number of aryl methyl sites for hydroxylation is 1. The van der Waals surface area contributed by atoms with E-state index in [0.717, 1.165) is 37.6 Å². The maximum atomic E-state index is 13.7. The molecule has 0 spiro atoms. The number of likely N-dealkylation sites (N-methyl/N-ethyl adjacent to an activating group) is 1. The van der Waals surface area contributed by atoms with E-state index in [1.807, 2.05) is 21.0 Å². The Morgan fingerprint density at radius 2 is 1.87 bits per heavy atom. The van der Waals surface area contributed by atoms with Gasteiger partial charge < -0.3 is 20.2 Å². The van der Waals surface area contributed by atoms with E-state index >= 15 is 0 Å². The van der Waals surface area contributed by atoms with Gasteiger partial charge in [0.15, 0.2) is 23.7 Å². The number of carbonyl (C=O) groups is 2. The van der Waals surface area contributed by atoms with E-state index < -0.39 is 36.4 Å². The predicted octanol–water partition coefficient (Wildman–Crippen LogP) is 5.24. The van der Waals surface area contributed by atoms with E-state index in [9.17, 15) is 31.5 Å². The number of unbranched alkanes of at least 4 members (excludes halogenated alkanes) is 2. The van der Waals surface area contributed by atoms with Crippen molar-refractivity contribution in [1.82, 2.24) is 29.5 Å². The van der Waals surface area contributed by atoms with E-state index in [4.69, 9.17) is 5.11 Å². The van der Waals surface area contributed by atoms with Crippen LogP contribution in [-0.4, -0.2) is 85.8 Å². The van der Waals surface area contributed by atoms with Gasteiger partial charge in [-0.05, 0) is 49.4 Å². The van der Waals surface area contributed by atoms with Crippen LogP contribution in [0.5, 0.6) is 0 Å². The SMILES string of the molecule is CCc1cc(Nc2nccn3c(-c4cn(CC(F)F)nc4C(F)(F)F)cnc23)ccc1C(=O)NCCCCC[N+](C)(C)CC(=O)O. The third kappa shape index (κ3) is 8.56. The molecule has 4 aromatic rings. The number of anilines is 2. The van der Waals surface area contributed by atoms with Crippen LogP contribution < -0.4 is 10.6 Å². The van der Waals surface area contributed by atoms with Gasteiger partial charge in [-0.2, -0.15) is 18.3 Å². The zero-order valence-electron chi connectivity index (χ0n) is 25.6. The van der Waals surface area contributed by atoms with Crippen LogP contribution >= 0.6 is 0 Å². The summed E-state index contributed by atoms with van der Waals surface area (Å²) in [5.74, 6) is -0.837. The van der Waals surface area contributed by atoms with Gasteiger partial charge in [0.25, 0.3) is 12.3 Å². The van der Waals surface area contributed by atoms with Crippen LogP contribution in [0.15, 0.2) is 43.0 Å². The number of fused-ring (bicyclic) bond motifs is 1. The van der Waals surface area contributed by atoms with Crippen molar-refractivity contribution < 1.29 is 41.1 Å². The Morgan fingerprint density at radius 1 is 1.11 bits per heavy atom. The van der Waals surface area contributed by atoms with Crippen molar-refractivity contribution >= 4 is 29.0 Å². The highest BCUT2D eigenvalue weighted by Gasteiger charge is 2.38. The molecule has 0 radical (unpaired) electrons. The number of imidazole rings is 1. The van der Waals surface area contributed by atoms with E-state index in [2.05, 4.69) is 25.7 Å². The summed E-state index contributed by atoms with van der Waals surface area (Å²) in [6, 6.07) is 5.14. The molecular formula is C30H36F5N8O3+. The molecule has 0 saturated carbocycles. The Morgan fingerprint density at radius 3 is 2.54 bits per heavy atom. The summed E-state index contributed by atoms with van der Waals surface area (Å²) in [6.45, 7) is 2.16. The van der Waals surface area contributed by atoms with Crippen LogP contribution in [0.25, 0.3) is 16.9 Å². The van der Waals surface area contributed by atoms with E-state index in [-0.39, 0.29) is 29.6 Å². The first kappa shape index (κ1) is 34.3. The van der Waals surface area contributed by atoms with Gasteiger partial charge in [0, 0.05) is 36.4 Å². The number of halogens is 5. The Bertz CT molecular complexity index is 1680. The van der Waals surface area contributed by atoms with E-state index in [1.54, 1.807) is 18.2 Å². The van der Waals surface area contributed by atoms with Crippen molar-refractivity contribution in [2.45, 2.75) is 51.8 Å². The molecule has 3 N–H and O–H groups in total. The molecule has 1 amide bonds. The smallest absolute Gasteiger partial charge is 0.435 e. The van der Waals surface area contributed by atoms with Crippen LogP contribution in [0.2, 0.25) is 0 Å². The number of nitrogens with zero attached hydrogens (tertiary/aromatic N) is 6. The first-order chi connectivity index (χ1) is 21.7. The van der Waals surface area contributed by atoms with Gasteiger partial charge in [0.2, 0.25) is 0 Å². The number of alkyl halides is 5. The van der Waals surface area contributed by atoms with Crippen LogP contribution in [0, 0.1) is 0 Å². The summed E-state index contributed by atoms with van der Waals surface area (Å²) in [4.78, 5) is 32.4. The fourth-order valence-electron chi connectivity index (χ4n) is 5.17. The lowest BCUT2D eigenvalue weighted by atomic mass is 10.0. The Hall–Kier alpha value is -4.60. The molecule has 0 aliphatic carbocycles. The molecule has 0 unspecified atom stereocenters. The Balaban J connectivity index is 1.45. The van der Waals surface area contributed by atoms with Crippen LogP contribution in [0.3, 0.4) is 0 Å². The molecule has 0 aliphatic heterocycles. The number of rotatable bonds is 15. The quantitative estimate of drug-likeness (QED) is 0.0912. The molecule has 3 heterocycles. The van der Waals surface area contributed by atoms with Gasteiger partial charge in [-0.15, -0.1) is 0 Å². The van der Waals surface area contributed by atoms with Gasteiger partial charge in [0.05, 0.1) is 38.1 Å². The second-order valence-corrected chi connectivity index (χ2v) is 11.5. The molecule has 16 heteroatoms. The normalized spacial score (nSPS) is 12.2. The van der Waals surface area contributed by atoms with Crippen LogP contribution in [0.4, 0.5) is 33.5 Å². The van der Waals surface area contributed by atoms with Crippen LogP contribution in [-0.2, 0) is 23.9 Å². The van der Waals surface area contributed by atoms with E-state index in [1.165, 1.54) is 23.0 Å². The number of carboxylic acids is 1. The number of carboxylic acid groups (broad SMARTS) is 1. The number of hydrogen-bond acceptors (Lipinski definition) is 6. The molecule has 3 aromatic heterocycles. The predicted molar refractivity (Wildman–Crippen MR) is 160 cm³/mol. The number of aliphatic carboxylic acids is 1. The van der Waals surface area contributed by atoms with Crippen molar-refractivity contribution in [3.63, 3.8) is 0 Å². The average Bonchev–Trinajstić information content (AvgIpc) is 3.58. The number of amides is 1. The summed E-state index contributed by atoms with van der Waals surface area (Å²) >= 11 is 0. The van der Waals surface area contributed by atoms with Crippen molar-refractivity contribution in [3.8, 4) is 11.3 Å². The second kappa shape index (κ2) is 14.2. The number of nitrogens with one attached hydrogen (secondary N) is 2. The maximum absolute atomic E-state index is 13.7. The molecule has 0 saturated heterocycles. The van der Waals surface area contributed by atoms with Gasteiger partial charge in [-0.3, -0.25) is 13.9 Å². The standard InChI is InChI=1S/C30H35F5N8O3/c1-4-19-14-20(8-9-21(19)29(46)37-10-6-5-7-13-43(2,3)18-25(44)45)39-27-28-38-15-23(42(28)12-11-36-27)22-16-41(17-24(31)32)40-26(22)30(33,34)35/h8-9,11-12,14-16,24H,4-7,10,13,17-18H2,1-3H3,(H2-,36,37,39,44,45,46)/p+1. The summed E-state index contributed by atoms with van der Waals surface area (Å²) < 4.78 is 69.3. The lowest BCUT2D eigenvalue weighted by Gasteiger charge is -2.27. The highest BCUT2D eigenvalue weighted by atomic mass is 19.4. The maximum Gasteiger partial charge on any atom is 0.435 e. The summed E-state index contributed by atoms with van der Waals surface area (Å²) in [6.07, 6.45) is 0.0970. The topological polar surface area (TPSA) is 126 Å². The van der Waals surface area contributed by atoms with Crippen molar-refractivity contribution in [2.24, 2.45) is 0 Å². The minimum Gasteiger partial charge on any atom is -0.477 e. The summed E-state index contributed by atoms with van der Waals surface area (Å²) in [7, 11) is 3.74. The molecule has 248 valence electrons. The fraction of sp³-hybridized carbons (Fsp3) is 0.433. The van der Waals surface area contributed by atoms with Gasteiger partial charge in [0.1, 0.15) is 6.54 Å². The van der Waals surface area contributed by atoms with Gasteiger partial charge >= 0.3 is 12.1 Å². The highest BCUT2D eigenvalue weighted by molar-refractivity contribution is 5.96. The molecular weight excluding hydrogens is 615 g/mol. The van der Waals surface area contributed by atoms with E-state index in [0.29, 0.717) is 33.4 Å². The molecule has 0 bridgehead atoms. The monoisotopic (exact) mass is 651 g/mol. The molecule has 4 rings (SSSR count). The first-order valence-corrected chi connectivity index (χ1v) is 14.7. The number of benzene rings is 1. The number of aromatic nitrogens is 5. The molecule has 0 aliphatic rings. The summed E-state index contributed by atoms with van der Waals surface area (Å²) in [5, 5.41) is 18.4. The zero-order valence-corrected chi connectivity index (χ0v) is 25.6. The largest absolute Gasteiger partial charge is 0.477 e. The number of hydrogen-bond donors (Lipinski definition) is 3. The molecule has 1 aromatic carbocycles. The minimum absolute atomic E-state index is 0.00223. The molecule has 0 atom stereocenters. The van der Waals surface area contributed by atoms with Crippen molar-refractivity contribution in [1.29, 1.82) is 0 Å². The average molecular weight is 652 g/mol. The highest BCUT2D eigenvalue weighted by Crippen LogP contribution is 2.37. The lowest BCUT2D eigenvalue weighted by Crippen LogP contribution is -2.44. The minimum atomic E-state index is -4.88.